The van der Waals surface area contributed by atoms with Gasteiger partial charge in [-0.1, -0.05) is 76.8 Å². The van der Waals surface area contributed by atoms with Crippen molar-refractivity contribution in [3.8, 4) is 0 Å². The van der Waals surface area contributed by atoms with E-state index in [0.717, 1.165) is 20.5 Å². The van der Waals surface area contributed by atoms with Crippen LogP contribution in [0.25, 0.3) is 0 Å². The third-order valence-electron chi connectivity index (χ3n) is 3.63. The van der Waals surface area contributed by atoms with Crippen molar-refractivity contribution in [3.63, 3.8) is 0 Å². The largest absolute Gasteiger partial charge is 0.272 e. The molecule has 0 aliphatic carbocycles. The van der Waals surface area contributed by atoms with Crippen molar-refractivity contribution < 1.29 is 9.18 Å². The summed E-state index contributed by atoms with van der Waals surface area (Å²) in [6.07, 6.45) is 0. The van der Waals surface area contributed by atoms with Gasteiger partial charge in [-0.05, 0) is 36.2 Å². The zero-order valence-electron chi connectivity index (χ0n) is 15.3. The number of hydrogen-bond acceptors (Lipinski definition) is 7. The molecule has 0 aliphatic heterocycles. The highest BCUT2D eigenvalue weighted by molar-refractivity contribution is 8.03. The fraction of sp³-hybridized carbons (Fsp3) is 0.158. The van der Waals surface area contributed by atoms with Crippen LogP contribution in [0, 0.1) is 5.82 Å². The van der Waals surface area contributed by atoms with Gasteiger partial charge in [-0.2, -0.15) is 5.10 Å². The Morgan fingerprint density at radius 2 is 1.83 bits per heavy atom. The van der Waals surface area contributed by atoms with E-state index in [2.05, 4.69) is 20.7 Å². The molecular formula is C19H16ClFN4OS3. The van der Waals surface area contributed by atoms with Gasteiger partial charge in [-0.15, -0.1) is 10.2 Å². The molecular weight excluding hydrogens is 451 g/mol. The van der Waals surface area contributed by atoms with Gasteiger partial charge in [0.2, 0.25) is 0 Å². The summed E-state index contributed by atoms with van der Waals surface area (Å²) in [5.74, 6) is 0.307. The van der Waals surface area contributed by atoms with E-state index in [-0.39, 0.29) is 17.5 Å². The van der Waals surface area contributed by atoms with E-state index in [4.69, 9.17) is 11.6 Å². The minimum absolute atomic E-state index is 0.171. The maximum Gasteiger partial charge on any atom is 0.250 e. The molecule has 0 bridgehead atoms. The molecule has 150 valence electrons. The van der Waals surface area contributed by atoms with Crippen LogP contribution in [-0.4, -0.2) is 27.6 Å². The molecule has 1 aromatic heterocycles. The van der Waals surface area contributed by atoms with E-state index in [1.807, 2.05) is 24.3 Å². The van der Waals surface area contributed by atoms with Crippen LogP contribution in [0.3, 0.4) is 0 Å². The zero-order chi connectivity index (χ0) is 20.6. The van der Waals surface area contributed by atoms with Crippen molar-refractivity contribution in [2.45, 2.75) is 21.4 Å². The first-order chi connectivity index (χ1) is 14.0. The molecule has 5 nitrogen and oxygen atoms in total. The third kappa shape index (κ3) is 6.81. The van der Waals surface area contributed by atoms with Crippen molar-refractivity contribution in [1.82, 2.24) is 15.6 Å². The Morgan fingerprint density at radius 3 is 2.55 bits per heavy atom. The first-order valence-electron chi connectivity index (χ1n) is 8.43. The highest BCUT2D eigenvalue weighted by Gasteiger charge is 2.10. The van der Waals surface area contributed by atoms with Crippen LogP contribution < -0.4 is 5.43 Å². The zero-order valence-corrected chi connectivity index (χ0v) is 18.5. The number of thioether (sulfide) groups is 2. The molecule has 3 rings (SSSR count). The van der Waals surface area contributed by atoms with Gasteiger partial charge in [0.05, 0.1) is 11.5 Å². The Labute approximate surface area is 185 Å². The molecule has 0 fully saturated rings. The summed E-state index contributed by atoms with van der Waals surface area (Å²) in [6.45, 7) is 1.74. The van der Waals surface area contributed by atoms with Gasteiger partial charge in [0, 0.05) is 10.8 Å². The minimum atomic E-state index is -0.316. The number of benzene rings is 2. The van der Waals surface area contributed by atoms with Crippen molar-refractivity contribution in [2.75, 3.05) is 5.75 Å². The highest BCUT2D eigenvalue weighted by atomic mass is 35.5. The maximum atomic E-state index is 13.0. The van der Waals surface area contributed by atoms with Gasteiger partial charge in [0.1, 0.15) is 5.82 Å². The van der Waals surface area contributed by atoms with Crippen molar-refractivity contribution in [3.05, 3.63) is 70.5 Å². The van der Waals surface area contributed by atoms with Gasteiger partial charge in [0.15, 0.2) is 8.68 Å². The average molecular weight is 467 g/mol. The Kier molecular flexibility index (Phi) is 8.05. The number of carbonyl (C=O) groups excluding carboxylic acids is 1. The predicted octanol–water partition coefficient (Wildman–Crippen LogP) is 5.26. The van der Waals surface area contributed by atoms with Crippen LogP contribution in [0.5, 0.6) is 0 Å². The number of carbonyl (C=O) groups is 1. The summed E-state index contributed by atoms with van der Waals surface area (Å²) >= 11 is 10.4. The van der Waals surface area contributed by atoms with E-state index in [0.29, 0.717) is 15.8 Å². The fourth-order valence-electron chi connectivity index (χ4n) is 2.13. The molecule has 0 atom stereocenters. The lowest BCUT2D eigenvalue weighted by Gasteiger charge is -2.02. The molecule has 1 amide bonds. The highest BCUT2D eigenvalue weighted by Crippen LogP contribution is 2.32. The number of hydrazone groups is 1. The molecule has 0 saturated carbocycles. The molecule has 0 spiro atoms. The number of nitrogens with one attached hydrogen (secondary N) is 1. The molecule has 3 aromatic rings. The number of rotatable bonds is 8. The lowest BCUT2D eigenvalue weighted by atomic mass is 10.1. The topological polar surface area (TPSA) is 67.2 Å². The summed E-state index contributed by atoms with van der Waals surface area (Å²) in [5.41, 5.74) is 4.87. The van der Waals surface area contributed by atoms with Crippen molar-refractivity contribution >= 4 is 58.1 Å². The number of nitrogens with zero attached hydrogens (tertiary/aromatic N) is 3. The predicted molar refractivity (Wildman–Crippen MR) is 118 cm³/mol. The van der Waals surface area contributed by atoms with Crippen LogP contribution in [0.15, 0.2) is 62.3 Å². The standard InChI is InChI=1S/C19H16ClFN4OS3/c1-12(13-6-8-15(21)9-7-13)22-23-17(26)11-28-19-25-24-18(29-19)27-10-14-4-2-3-5-16(14)20/h2-9H,10-11H2,1H3,(H,23,26)/b22-12-. The monoisotopic (exact) mass is 466 g/mol. The number of halogens is 2. The van der Waals surface area contributed by atoms with Crippen LogP contribution >= 0.6 is 46.5 Å². The maximum absolute atomic E-state index is 13.0. The molecule has 0 radical (unpaired) electrons. The molecule has 29 heavy (non-hydrogen) atoms. The quantitative estimate of drug-likeness (QED) is 0.279. The second-order valence-corrected chi connectivity index (χ2v) is 9.57. The summed E-state index contributed by atoms with van der Waals surface area (Å²) in [5, 5.41) is 13.0. The smallest absolute Gasteiger partial charge is 0.250 e. The molecule has 1 heterocycles. The van der Waals surface area contributed by atoms with Gasteiger partial charge < -0.3 is 0 Å². The van der Waals surface area contributed by atoms with E-state index < -0.39 is 0 Å². The van der Waals surface area contributed by atoms with Crippen molar-refractivity contribution in [2.24, 2.45) is 5.10 Å². The second-order valence-electron chi connectivity index (χ2n) is 5.74. The Hall–Kier alpha value is -1.94. The van der Waals surface area contributed by atoms with Crippen molar-refractivity contribution in [1.29, 1.82) is 0 Å². The van der Waals surface area contributed by atoms with Crippen LogP contribution in [0.4, 0.5) is 4.39 Å². The lowest BCUT2D eigenvalue weighted by Crippen LogP contribution is -2.21. The Balaban J connectivity index is 1.45. The first-order valence-corrected chi connectivity index (χ1v) is 11.6. The SMILES string of the molecule is C/C(=N/NC(=O)CSc1nnc(SCc2ccccc2Cl)s1)c1ccc(F)cc1. The van der Waals surface area contributed by atoms with Gasteiger partial charge in [0.25, 0.3) is 5.91 Å². The third-order valence-corrected chi connectivity index (χ3v) is 7.24. The van der Waals surface area contributed by atoms with E-state index >= 15 is 0 Å². The number of amides is 1. The lowest BCUT2D eigenvalue weighted by molar-refractivity contribution is -0.118. The molecule has 1 N–H and O–H groups in total. The van der Waals surface area contributed by atoms with E-state index in [1.54, 1.807) is 30.8 Å². The molecule has 0 unspecified atom stereocenters. The Bertz CT molecular complexity index is 1010. The van der Waals surface area contributed by atoms with E-state index in [9.17, 15) is 9.18 Å². The normalized spacial score (nSPS) is 11.5. The molecule has 0 aliphatic rings. The molecule has 0 saturated heterocycles. The van der Waals surface area contributed by atoms with Gasteiger partial charge >= 0.3 is 0 Å². The summed E-state index contributed by atoms with van der Waals surface area (Å²) < 4.78 is 14.5. The Morgan fingerprint density at radius 1 is 1.14 bits per heavy atom. The fourth-order valence-corrected chi connectivity index (χ4v) is 5.23. The average Bonchev–Trinajstić information content (AvgIpc) is 3.18. The van der Waals surface area contributed by atoms with Crippen LogP contribution in [0.1, 0.15) is 18.1 Å². The summed E-state index contributed by atoms with van der Waals surface area (Å²) in [7, 11) is 0. The molecule has 10 heteroatoms. The number of aromatic nitrogens is 2. The molecule has 2 aromatic carbocycles. The summed E-state index contributed by atoms with van der Waals surface area (Å²) in [6, 6.07) is 13.6. The summed E-state index contributed by atoms with van der Waals surface area (Å²) in [4.78, 5) is 12.0. The number of hydrogen-bond donors (Lipinski definition) is 1. The van der Waals surface area contributed by atoms with E-state index in [1.165, 1.54) is 35.2 Å². The second kappa shape index (κ2) is 10.7. The van der Waals surface area contributed by atoms with Gasteiger partial charge in [-0.3, -0.25) is 4.79 Å². The first kappa shape index (κ1) is 21.8. The van der Waals surface area contributed by atoms with Crippen LogP contribution in [0.2, 0.25) is 5.02 Å². The van der Waals surface area contributed by atoms with Gasteiger partial charge in [-0.25, -0.2) is 9.82 Å². The van der Waals surface area contributed by atoms with Crippen LogP contribution in [-0.2, 0) is 10.5 Å². The minimum Gasteiger partial charge on any atom is -0.272 e.